The van der Waals surface area contributed by atoms with Gasteiger partial charge in [-0.3, -0.25) is 4.79 Å². The van der Waals surface area contributed by atoms with Crippen molar-refractivity contribution in [3.8, 4) is 0 Å². The Hall–Kier alpha value is -1.53. The first kappa shape index (κ1) is 16.8. The second kappa shape index (κ2) is 8.19. The minimum Gasteiger partial charge on any atom is -0.369 e. The van der Waals surface area contributed by atoms with Crippen LogP contribution in [0, 0.1) is 17.6 Å². The Kier molecular flexibility index (Phi) is 6.27. The molecule has 122 valence electrons. The fourth-order valence-corrected chi connectivity index (χ4v) is 2.76. The molecule has 0 aliphatic carbocycles. The number of nitrogens with two attached hydrogens (primary N) is 1. The molecule has 0 saturated carbocycles. The Morgan fingerprint density at radius 3 is 2.68 bits per heavy atom. The molecule has 1 aliphatic rings. The molecule has 1 amide bonds. The topological polar surface area (TPSA) is 58.4 Å². The average molecular weight is 311 g/mol. The number of carbonyl (C=O) groups excluding carboxylic acids is 1. The van der Waals surface area contributed by atoms with Gasteiger partial charge in [0.25, 0.3) is 0 Å². The molecule has 1 aromatic carbocycles. The molecule has 0 atom stereocenters. The lowest BCUT2D eigenvalue weighted by Crippen LogP contribution is -2.39. The van der Waals surface area contributed by atoms with E-state index in [0.717, 1.165) is 51.5 Å². The van der Waals surface area contributed by atoms with Crippen LogP contribution in [0.1, 0.15) is 24.8 Å². The lowest BCUT2D eigenvalue weighted by molar-refractivity contribution is -0.123. The zero-order chi connectivity index (χ0) is 15.9. The van der Waals surface area contributed by atoms with E-state index < -0.39 is 11.6 Å². The standard InChI is InChI=1S/C16H23F2N3O/c17-14-3-2-13(15(18)10-14)11-20-6-1-7-21-8-4-12(5-9-21)16(19)22/h2-3,10,12,20H,1,4-9,11H2,(H2,19,22). The second-order valence-corrected chi connectivity index (χ2v) is 5.78. The zero-order valence-electron chi connectivity index (χ0n) is 12.7. The van der Waals surface area contributed by atoms with Crippen LogP contribution < -0.4 is 11.1 Å². The molecule has 1 aliphatic heterocycles. The van der Waals surface area contributed by atoms with Crippen LogP contribution in [0.2, 0.25) is 0 Å². The second-order valence-electron chi connectivity index (χ2n) is 5.78. The third kappa shape index (κ3) is 5.03. The molecule has 3 N–H and O–H groups in total. The molecular formula is C16H23F2N3O. The van der Waals surface area contributed by atoms with Gasteiger partial charge in [-0.25, -0.2) is 8.78 Å². The van der Waals surface area contributed by atoms with Gasteiger partial charge in [-0.1, -0.05) is 6.07 Å². The van der Waals surface area contributed by atoms with Crippen molar-refractivity contribution in [2.75, 3.05) is 26.2 Å². The van der Waals surface area contributed by atoms with Crippen molar-refractivity contribution in [1.29, 1.82) is 0 Å². The van der Waals surface area contributed by atoms with Gasteiger partial charge < -0.3 is 16.0 Å². The number of halogens is 2. The normalized spacial score (nSPS) is 16.8. The molecule has 4 nitrogen and oxygen atoms in total. The molecule has 0 aromatic heterocycles. The van der Waals surface area contributed by atoms with Gasteiger partial charge in [-0.15, -0.1) is 0 Å². The summed E-state index contributed by atoms with van der Waals surface area (Å²) in [5, 5.41) is 3.17. The Morgan fingerprint density at radius 1 is 1.32 bits per heavy atom. The van der Waals surface area contributed by atoms with Gasteiger partial charge in [0, 0.05) is 24.1 Å². The highest BCUT2D eigenvalue weighted by Crippen LogP contribution is 2.16. The van der Waals surface area contributed by atoms with E-state index in [0.29, 0.717) is 12.1 Å². The van der Waals surface area contributed by atoms with Gasteiger partial charge in [0.05, 0.1) is 0 Å². The van der Waals surface area contributed by atoms with Gasteiger partial charge in [-0.2, -0.15) is 0 Å². The summed E-state index contributed by atoms with van der Waals surface area (Å²) in [5.74, 6) is -1.24. The maximum atomic E-state index is 13.4. The van der Waals surface area contributed by atoms with Crippen LogP contribution in [0.5, 0.6) is 0 Å². The van der Waals surface area contributed by atoms with Gasteiger partial charge in [0.1, 0.15) is 11.6 Å². The summed E-state index contributed by atoms with van der Waals surface area (Å²) in [4.78, 5) is 13.4. The summed E-state index contributed by atoms with van der Waals surface area (Å²) in [6, 6.07) is 3.63. The van der Waals surface area contributed by atoms with Crippen molar-refractivity contribution in [3.63, 3.8) is 0 Å². The quantitative estimate of drug-likeness (QED) is 0.753. The summed E-state index contributed by atoms with van der Waals surface area (Å²) in [6.07, 6.45) is 2.62. The van der Waals surface area contributed by atoms with Gasteiger partial charge in [0.2, 0.25) is 5.91 Å². The van der Waals surface area contributed by atoms with Gasteiger partial charge >= 0.3 is 0 Å². The number of hydrogen-bond acceptors (Lipinski definition) is 3. The lowest BCUT2D eigenvalue weighted by atomic mass is 9.96. The number of primary amides is 1. The number of amides is 1. The summed E-state index contributed by atoms with van der Waals surface area (Å²) in [5.41, 5.74) is 5.78. The Morgan fingerprint density at radius 2 is 2.05 bits per heavy atom. The highest BCUT2D eigenvalue weighted by molar-refractivity contribution is 5.76. The maximum absolute atomic E-state index is 13.4. The third-order valence-corrected chi connectivity index (χ3v) is 4.15. The van der Waals surface area contributed by atoms with Crippen molar-refractivity contribution < 1.29 is 13.6 Å². The summed E-state index contributed by atoms with van der Waals surface area (Å²) in [7, 11) is 0. The summed E-state index contributed by atoms with van der Waals surface area (Å²) < 4.78 is 26.2. The predicted molar refractivity (Wildman–Crippen MR) is 81.0 cm³/mol. The van der Waals surface area contributed by atoms with Crippen molar-refractivity contribution >= 4 is 5.91 Å². The first-order valence-electron chi connectivity index (χ1n) is 7.72. The van der Waals surface area contributed by atoms with Gasteiger partial charge in [-0.05, 0) is 51.5 Å². The Balaban J connectivity index is 1.59. The van der Waals surface area contributed by atoms with E-state index in [4.69, 9.17) is 5.73 Å². The van der Waals surface area contributed by atoms with Crippen molar-refractivity contribution in [3.05, 3.63) is 35.4 Å². The molecule has 0 radical (unpaired) electrons. The number of hydrogen-bond donors (Lipinski definition) is 2. The van der Waals surface area contributed by atoms with Crippen LogP contribution >= 0.6 is 0 Å². The molecule has 6 heteroatoms. The van der Waals surface area contributed by atoms with Crippen LogP contribution in [-0.4, -0.2) is 37.0 Å². The monoisotopic (exact) mass is 311 g/mol. The largest absolute Gasteiger partial charge is 0.369 e. The molecule has 1 aromatic rings. The van der Waals surface area contributed by atoms with Crippen molar-refractivity contribution in [1.82, 2.24) is 10.2 Å². The average Bonchev–Trinajstić information content (AvgIpc) is 2.49. The van der Waals surface area contributed by atoms with Crippen molar-refractivity contribution in [2.24, 2.45) is 11.7 Å². The number of carbonyl (C=O) groups is 1. The number of rotatable bonds is 7. The predicted octanol–water partition coefficient (Wildman–Crippen LogP) is 1.64. The SMILES string of the molecule is NC(=O)C1CCN(CCCNCc2ccc(F)cc2F)CC1. The highest BCUT2D eigenvalue weighted by Gasteiger charge is 2.22. The molecule has 1 fully saturated rings. The first-order chi connectivity index (χ1) is 10.6. The summed E-state index contributed by atoms with van der Waals surface area (Å²) in [6.45, 7) is 3.92. The lowest BCUT2D eigenvalue weighted by Gasteiger charge is -2.30. The van der Waals surface area contributed by atoms with E-state index in [1.165, 1.54) is 12.1 Å². The highest BCUT2D eigenvalue weighted by atomic mass is 19.1. The number of nitrogens with one attached hydrogen (secondary N) is 1. The maximum Gasteiger partial charge on any atom is 0.220 e. The minimum absolute atomic E-state index is 0.0239. The molecule has 22 heavy (non-hydrogen) atoms. The van der Waals surface area contributed by atoms with Crippen molar-refractivity contribution in [2.45, 2.75) is 25.8 Å². The number of likely N-dealkylation sites (tertiary alicyclic amines) is 1. The number of nitrogens with zero attached hydrogens (tertiary/aromatic N) is 1. The van der Waals surface area contributed by atoms with Crippen LogP contribution in [-0.2, 0) is 11.3 Å². The van der Waals surface area contributed by atoms with Crippen LogP contribution in [0.15, 0.2) is 18.2 Å². The fraction of sp³-hybridized carbons (Fsp3) is 0.562. The van der Waals surface area contributed by atoms with E-state index >= 15 is 0 Å². The van der Waals surface area contributed by atoms with E-state index in [1.807, 2.05) is 0 Å². The molecular weight excluding hydrogens is 288 g/mol. The first-order valence-corrected chi connectivity index (χ1v) is 7.72. The van der Waals surface area contributed by atoms with Crippen LogP contribution in [0.3, 0.4) is 0 Å². The number of benzene rings is 1. The molecule has 0 spiro atoms. The summed E-state index contributed by atoms with van der Waals surface area (Å²) >= 11 is 0. The van der Waals surface area contributed by atoms with Gasteiger partial charge in [0.15, 0.2) is 0 Å². The molecule has 1 saturated heterocycles. The zero-order valence-corrected chi connectivity index (χ0v) is 12.7. The molecule has 0 bridgehead atoms. The smallest absolute Gasteiger partial charge is 0.220 e. The van der Waals surface area contributed by atoms with E-state index in [2.05, 4.69) is 10.2 Å². The minimum atomic E-state index is -0.555. The fourth-order valence-electron chi connectivity index (χ4n) is 2.76. The molecule has 1 heterocycles. The number of piperidine rings is 1. The molecule has 0 unspecified atom stereocenters. The van der Waals surface area contributed by atoms with E-state index in [9.17, 15) is 13.6 Å². The van der Waals surface area contributed by atoms with E-state index in [1.54, 1.807) is 0 Å². The Bertz CT molecular complexity index is 502. The Labute approximate surface area is 129 Å². The van der Waals surface area contributed by atoms with Crippen LogP contribution in [0.25, 0.3) is 0 Å². The van der Waals surface area contributed by atoms with Crippen LogP contribution in [0.4, 0.5) is 8.78 Å². The van der Waals surface area contributed by atoms with E-state index in [-0.39, 0.29) is 11.8 Å². The third-order valence-electron chi connectivity index (χ3n) is 4.15. The molecule has 2 rings (SSSR count).